The van der Waals surface area contributed by atoms with Crippen LogP contribution in [0.3, 0.4) is 0 Å². The van der Waals surface area contributed by atoms with Crippen LogP contribution in [0, 0.1) is 5.82 Å². The van der Waals surface area contributed by atoms with E-state index in [2.05, 4.69) is 30.1 Å². The largest absolute Gasteiger partial charge is 0.311 e. The van der Waals surface area contributed by atoms with Crippen molar-refractivity contribution in [3.63, 3.8) is 0 Å². The highest BCUT2D eigenvalue weighted by molar-refractivity contribution is 6.31. The van der Waals surface area contributed by atoms with Gasteiger partial charge in [0, 0.05) is 24.2 Å². The first-order valence-electron chi connectivity index (χ1n) is 8.09. The average molecular weight is 335 g/mol. The molecule has 0 fully saturated rings. The molecule has 0 heterocycles. The van der Waals surface area contributed by atoms with Gasteiger partial charge in [0.15, 0.2) is 0 Å². The number of rotatable bonds is 8. The Bertz CT molecular complexity index is 597. The molecule has 2 aromatic rings. The number of nitrogens with one attached hydrogen (secondary N) is 1. The van der Waals surface area contributed by atoms with E-state index in [0.29, 0.717) is 6.54 Å². The first-order chi connectivity index (χ1) is 11.2. The molecular formula is C19H24ClFN2. The molecule has 2 rings (SSSR count). The second-order valence-corrected chi connectivity index (χ2v) is 5.92. The highest BCUT2D eigenvalue weighted by Gasteiger charge is 2.19. The number of halogens is 2. The SMILES string of the molecule is CCN(CC)C(CNCc1ccc(F)cc1)c1ccccc1Cl. The zero-order valence-electron chi connectivity index (χ0n) is 13.7. The van der Waals surface area contributed by atoms with Crippen molar-refractivity contribution in [2.24, 2.45) is 0 Å². The summed E-state index contributed by atoms with van der Waals surface area (Å²) in [6, 6.07) is 14.8. The van der Waals surface area contributed by atoms with E-state index in [4.69, 9.17) is 11.6 Å². The third-order valence-electron chi connectivity index (χ3n) is 4.10. The summed E-state index contributed by atoms with van der Waals surface area (Å²) in [6.45, 7) is 7.75. The molecule has 124 valence electrons. The van der Waals surface area contributed by atoms with Gasteiger partial charge in [-0.25, -0.2) is 4.39 Å². The van der Waals surface area contributed by atoms with Gasteiger partial charge in [0.25, 0.3) is 0 Å². The molecule has 2 nitrogen and oxygen atoms in total. The molecule has 0 aromatic heterocycles. The van der Waals surface area contributed by atoms with Crippen molar-refractivity contribution in [3.05, 3.63) is 70.5 Å². The lowest BCUT2D eigenvalue weighted by atomic mass is 10.0. The monoisotopic (exact) mass is 334 g/mol. The zero-order valence-corrected chi connectivity index (χ0v) is 14.5. The quantitative estimate of drug-likeness (QED) is 0.755. The summed E-state index contributed by atoms with van der Waals surface area (Å²) in [5.74, 6) is -0.203. The smallest absolute Gasteiger partial charge is 0.123 e. The second kappa shape index (κ2) is 9.02. The summed E-state index contributed by atoms with van der Waals surface area (Å²) < 4.78 is 13.0. The Morgan fingerprint density at radius 1 is 1.04 bits per heavy atom. The topological polar surface area (TPSA) is 15.3 Å². The number of nitrogens with zero attached hydrogens (tertiary/aromatic N) is 1. The van der Waals surface area contributed by atoms with E-state index < -0.39 is 0 Å². The van der Waals surface area contributed by atoms with Gasteiger partial charge >= 0.3 is 0 Å². The summed E-state index contributed by atoms with van der Waals surface area (Å²) in [4.78, 5) is 2.39. The number of benzene rings is 2. The Morgan fingerprint density at radius 3 is 2.30 bits per heavy atom. The molecule has 0 saturated heterocycles. The van der Waals surface area contributed by atoms with Crippen molar-refractivity contribution >= 4 is 11.6 Å². The van der Waals surface area contributed by atoms with Gasteiger partial charge in [-0.2, -0.15) is 0 Å². The Labute approximate surface area is 143 Å². The van der Waals surface area contributed by atoms with Crippen LogP contribution < -0.4 is 5.32 Å². The molecule has 1 atom stereocenters. The minimum absolute atomic E-state index is 0.203. The lowest BCUT2D eigenvalue weighted by Crippen LogP contribution is -2.35. The van der Waals surface area contributed by atoms with Crippen LogP contribution in [0.2, 0.25) is 5.02 Å². The van der Waals surface area contributed by atoms with Crippen LogP contribution >= 0.6 is 11.6 Å². The lowest BCUT2D eigenvalue weighted by Gasteiger charge is -2.31. The molecule has 23 heavy (non-hydrogen) atoms. The van der Waals surface area contributed by atoms with Crippen LogP contribution in [0.4, 0.5) is 4.39 Å². The van der Waals surface area contributed by atoms with E-state index in [9.17, 15) is 4.39 Å². The van der Waals surface area contributed by atoms with Crippen molar-refractivity contribution < 1.29 is 4.39 Å². The summed E-state index contributed by atoms with van der Waals surface area (Å²) in [5.41, 5.74) is 2.22. The van der Waals surface area contributed by atoms with Crippen molar-refractivity contribution in [1.29, 1.82) is 0 Å². The van der Waals surface area contributed by atoms with Crippen LogP contribution in [-0.2, 0) is 6.54 Å². The molecule has 0 amide bonds. The first kappa shape index (κ1) is 17.9. The van der Waals surface area contributed by atoms with Crippen molar-refractivity contribution in [3.8, 4) is 0 Å². The van der Waals surface area contributed by atoms with Crippen LogP contribution in [-0.4, -0.2) is 24.5 Å². The highest BCUT2D eigenvalue weighted by Crippen LogP contribution is 2.27. The predicted molar refractivity (Wildman–Crippen MR) is 95.2 cm³/mol. The third-order valence-corrected chi connectivity index (χ3v) is 4.44. The summed E-state index contributed by atoms with van der Waals surface area (Å²) in [7, 11) is 0. The van der Waals surface area contributed by atoms with E-state index in [-0.39, 0.29) is 11.9 Å². The molecular weight excluding hydrogens is 311 g/mol. The molecule has 0 bridgehead atoms. The minimum atomic E-state index is -0.203. The van der Waals surface area contributed by atoms with E-state index in [1.54, 1.807) is 0 Å². The van der Waals surface area contributed by atoms with Crippen LogP contribution in [0.15, 0.2) is 48.5 Å². The summed E-state index contributed by atoms with van der Waals surface area (Å²) in [6.07, 6.45) is 0. The van der Waals surface area contributed by atoms with Crippen molar-refractivity contribution in [2.75, 3.05) is 19.6 Å². The average Bonchev–Trinajstić information content (AvgIpc) is 2.57. The van der Waals surface area contributed by atoms with E-state index in [1.165, 1.54) is 12.1 Å². The Morgan fingerprint density at radius 2 is 1.70 bits per heavy atom. The first-order valence-corrected chi connectivity index (χ1v) is 8.47. The normalized spacial score (nSPS) is 12.6. The van der Waals surface area contributed by atoms with Gasteiger partial charge in [0.1, 0.15) is 5.82 Å². The van der Waals surface area contributed by atoms with Gasteiger partial charge in [-0.1, -0.05) is 55.8 Å². The maximum Gasteiger partial charge on any atom is 0.123 e. The van der Waals surface area contributed by atoms with Gasteiger partial charge in [-0.05, 0) is 42.4 Å². The van der Waals surface area contributed by atoms with Crippen LogP contribution in [0.5, 0.6) is 0 Å². The standard InChI is InChI=1S/C19H24ClFN2/c1-3-23(4-2)19(17-7-5-6-8-18(17)20)14-22-13-15-9-11-16(21)12-10-15/h5-12,19,22H,3-4,13-14H2,1-2H3. The lowest BCUT2D eigenvalue weighted by molar-refractivity contribution is 0.213. The molecule has 0 spiro atoms. The molecule has 1 N–H and O–H groups in total. The van der Waals surface area contributed by atoms with E-state index in [0.717, 1.165) is 35.8 Å². The number of likely N-dealkylation sites (N-methyl/N-ethyl adjacent to an activating group) is 1. The van der Waals surface area contributed by atoms with Gasteiger partial charge in [0.2, 0.25) is 0 Å². The highest BCUT2D eigenvalue weighted by atomic mass is 35.5. The van der Waals surface area contributed by atoms with E-state index in [1.807, 2.05) is 30.3 Å². The third kappa shape index (κ3) is 5.03. The van der Waals surface area contributed by atoms with Crippen molar-refractivity contribution in [1.82, 2.24) is 10.2 Å². The fourth-order valence-electron chi connectivity index (χ4n) is 2.80. The Hall–Kier alpha value is -1.42. The molecule has 0 aliphatic heterocycles. The molecule has 2 aromatic carbocycles. The molecule has 0 aliphatic rings. The van der Waals surface area contributed by atoms with Gasteiger partial charge in [-0.15, -0.1) is 0 Å². The van der Waals surface area contributed by atoms with Crippen LogP contribution in [0.25, 0.3) is 0 Å². The molecule has 1 unspecified atom stereocenters. The number of hydrogen-bond acceptors (Lipinski definition) is 2. The fraction of sp³-hybridized carbons (Fsp3) is 0.368. The fourth-order valence-corrected chi connectivity index (χ4v) is 3.06. The van der Waals surface area contributed by atoms with Crippen LogP contribution in [0.1, 0.15) is 31.0 Å². The van der Waals surface area contributed by atoms with E-state index >= 15 is 0 Å². The Kier molecular flexibility index (Phi) is 7.03. The second-order valence-electron chi connectivity index (χ2n) is 5.52. The Balaban J connectivity index is 2.06. The van der Waals surface area contributed by atoms with Gasteiger partial charge in [-0.3, -0.25) is 4.90 Å². The molecule has 0 radical (unpaired) electrons. The molecule has 4 heteroatoms. The minimum Gasteiger partial charge on any atom is -0.311 e. The summed E-state index contributed by atoms with van der Waals surface area (Å²) >= 11 is 6.39. The molecule has 0 aliphatic carbocycles. The van der Waals surface area contributed by atoms with Crippen molar-refractivity contribution in [2.45, 2.75) is 26.4 Å². The zero-order chi connectivity index (χ0) is 16.7. The van der Waals surface area contributed by atoms with Gasteiger partial charge in [0.05, 0.1) is 0 Å². The maximum atomic E-state index is 13.0. The molecule has 0 saturated carbocycles. The summed E-state index contributed by atoms with van der Waals surface area (Å²) in [5, 5.41) is 4.27. The predicted octanol–water partition coefficient (Wildman–Crippen LogP) is 4.65. The van der Waals surface area contributed by atoms with Gasteiger partial charge < -0.3 is 5.32 Å². The maximum absolute atomic E-state index is 13.0. The number of hydrogen-bond donors (Lipinski definition) is 1.